The lowest BCUT2D eigenvalue weighted by Crippen LogP contribution is -1.97. The zero-order valence-electron chi connectivity index (χ0n) is 11.8. The number of methoxy groups -OCH3 is 1. The number of aryl methyl sites for hydroxylation is 1. The molecule has 0 amide bonds. The summed E-state index contributed by atoms with van der Waals surface area (Å²) in [6, 6.07) is 10.6. The molecule has 4 heteroatoms. The predicted octanol–water partition coefficient (Wildman–Crippen LogP) is 4.26. The van der Waals surface area contributed by atoms with Gasteiger partial charge in [0.25, 0.3) is 0 Å². The third-order valence-electron chi connectivity index (χ3n) is 3.11. The molecule has 2 aromatic carbocycles. The van der Waals surface area contributed by atoms with E-state index in [2.05, 4.69) is 0 Å². The molecule has 0 spiro atoms. The van der Waals surface area contributed by atoms with Gasteiger partial charge in [0, 0.05) is 5.56 Å². The molecular weight excluding hydrogens is 288 g/mol. The minimum absolute atomic E-state index is 0.0868. The van der Waals surface area contributed by atoms with Crippen LogP contribution in [-0.2, 0) is 0 Å². The SMILES string of the molecule is COc1cc(/C=C/C(=O)c2ccccc2C)cc(Cl)c1O. The predicted molar refractivity (Wildman–Crippen MR) is 84.2 cm³/mol. The highest BCUT2D eigenvalue weighted by molar-refractivity contribution is 6.32. The van der Waals surface area contributed by atoms with Crippen LogP contribution in [0, 0.1) is 6.92 Å². The first kappa shape index (κ1) is 15.1. The normalized spacial score (nSPS) is 10.8. The van der Waals surface area contributed by atoms with E-state index in [0.29, 0.717) is 11.1 Å². The molecule has 3 nitrogen and oxygen atoms in total. The van der Waals surface area contributed by atoms with Crippen molar-refractivity contribution in [2.24, 2.45) is 0 Å². The highest BCUT2D eigenvalue weighted by atomic mass is 35.5. The van der Waals surface area contributed by atoms with Crippen LogP contribution >= 0.6 is 11.6 Å². The molecule has 1 N–H and O–H groups in total. The summed E-state index contributed by atoms with van der Waals surface area (Å²) in [4.78, 5) is 12.1. The first-order valence-corrected chi connectivity index (χ1v) is 6.75. The van der Waals surface area contributed by atoms with Crippen LogP contribution in [0.15, 0.2) is 42.5 Å². The molecule has 0 radical (unpaired) electrons. The van der Waals surface area contributed by atoms with Gasteiger partial charge in [-0.2, -0.15) is 0 Å². The number of rotatable bonds is 4. The fourth-order valence-corrected chi connectivity index (χ4v) is 2.18. The van der Waals surface area contributed by atoms with Crippen LogP contribution in [0.5, 0.6) is 11.5 Å². The van der Waals surface area contributed by atoms with Gasteiger partial charge in [-0.05, 0) is 36.3 Å². The summed E-state index contributed by atoms with van der Waals surface area (Å²) < 4.78 is 5.02. The van der Waals surface area contributed by atoms with E-state index in [9.17, 15) is 9.90 Å². The Morgan fingerprint density at radius 3 is 2.67 bits per heavy atom. The van der Waals surface area contributed by atoms with Crippen molar-refractivity contribution >= 4 is 23.5 Å². The number of phenolic OH excluding ortho intramolecular Hbond substituents is 1. The average molecular weight is 303 g/mol. The van der Waals surface area contributed by atoms with Crippen LogP contribution in [0.4, 0.5) is 0 Å². The molecule has 21 heavy (non-hydrogen) atoms. The zero-order valence-corrected chi connectivity index (χ0v) is 12.5. The summed E-state index contributed by atoms with van der Waals surface area (Å²) in [5.41, 5.74) is 2.26. The van der Waals surface area contributed by atoms with Crippen LogP contribution < -0.4 is 4.74 Å². The minimum Gasteiger partial charge on any atom is -0.503 e. The maximum Gasteiger partial charge on any atom is 0.186 e. The first-order valence-electron chi connectivity index (χ1n) is 6.37. The van der Waals surface area contributed by atoms with E-state index in [1.54, 1.807) is 24.3 Å². The molecule has 0 saturated carbocycles. The molecule has 0 aliphatic rings. The summed E-state index contributed by atoms with van der Waals surface area (Å²) in [6.45, 7) is 1.89. The second-order valence-electron chi connectivity index (χ2n) is 4.57. The number of hydrogen-bond donors (Lipinski definition) is 1. The van der Waals surface area contributed by atoms with E-state index in [1.807, 2.05) is 25.1 Å². The number of halogens is 1. The monoisotopic (exact) mass is 302 g/mol. The Morgan fingerprint density at radius 2 is 2.00 bits per heavy atom. The molecule has 0 aliphatic heterocycles. The first-order chi connectivity index (χ1) is 10.0. The molecule has 0 fully saturated rings. The van der Waals surface area contributed by atoms with Crippen molar-refractivity contribution in [2.45, 2.75) is 6.92 Å². The van der Waals surface area contributed by atoms with Crippen molar-refractivity contribution < 1.29 is 14.6 Å². The van der Waals surface area contributed by atoms with Crippen molar-refractivity contribution in [1.82, 2.24) is 0 Å². The Hall–Kier alpha value is -2.26. The molecule has 2 aromatic rings. The molecule has 0 heterocycles. The van der Waals surface area contributed by atoms with Gasteiger partial charge in [-0.25, -0.2) is 0 Å². The second kappa shape index (κ2) is 6.46. The maximum atomic E-state index is 12.1. The number of aromatic hydroxyl groups is 1. The fourth-order valence-electron chi connectivity index (χ4n) is 1.96. The van der Waals surface area contributed by atoms with E-state index in [4.69, 9.17) is 16.3 Å². The molecule has 108 valence electrons. The van der Waals surface area contributed by atoms with Crippen molar-refractivity contribution in [2.75, 3.05) is 7.11 Å². The van der Waals surface area contributed by atoms with Gasteiger partial charge >= 0.3 is 0 Å². The molecule has 0 unspecified atom stereocenters. The molecule has 0 aliphatic carbocycles. The van der Waals surface area contributed by atoms with Gasteiger partial charge in [0.15, 0.2) is 17.3 Å². The average Bonchev–Trinajstić information content (AvgIpc) is 2.48. The van der Waals surface area contributed by atoms with E-state index in [-0.39, 0.29) is 22.3 Å². The van der Waals surface area contributed by atoms with Crippen LogP contribution in [0.25, 0.3) is 6.08 Å². The van der Waals surface area contributed by atoms with Gasteiger partial charge in [-0.15, -0.1) is 0 Å². The lowest BCUT2D eigenvalue weighted by Gasteiger charge is -2.06. The number of phenols is 1. The topological polar surface area (TPSA) is 46.5 Å². The summed E-state index contributed by atoms with van der Waals surface area (Å²) in [5, 5.41) is 9.84. The van der Waals surface area contributed by atoms with Gasteiger partial charge in [0.2, 0.25) is 0 Å². The van der Waals surface area contributed by atoms with E-state index in [0.717, 1.165) is 5.56 Å². The number of benzene rings is 2. The zero-order chi connectivity index (χ0) is 15.4. The van der Waals surface area contributed by atoms with E-state index < -0.39 is 0 Å². The molecule has 0 saturated heterocycles. The van der Waals surface area contributed by atoms with Crippen molar-refractivity contribution in [1.29, 1.82) is 0 Å². The second-order valence-corrected chi connectivity index (χ2v) is 4.97. The number of carbonyl (C=O) groups excluding carboxylic acids is 1. The van der Waals surface area contributed by atoms with Crippen LogP contribution in [0.3, 0.4) is 0 Å². The lowest BCUT2D eigenvalue weighted by molar-refractivity contribution is 0.104. The quantitative estimate of drug-likeness (QED) is 0.678. The van der Waals surface area contributed by atoms with Crippen molar-refractivity contribution in [3.8, 4) is 11.5 Å². The summed E-state index contributed by atoms with van der Waals surface area (Å²) in [6.07, 6.45) is 3.12. The number of allylic oxidation sites excluding steroid dienone is 1. The van der Waals surface area contributed by atoms with Gasteiger partial charge < -0.3 is 9.84 Å². The molecule has 0 aromatic heterocycles. The van der Waals surface area contributed by atoms with Crippen LogP contribution in [-0.4, -0.2) is 18.0 Å². The summed E-state index contributed by atoms with van der Waals surface area (Å²) in [5.74, 6) is 0.0725. The fraction of sp³-hybridized carbons (Fsp3) is 0.118. The van der Waals surface area contributed by atoms with E-state index >= 15 is 0 Å². The van der Waals surface area contributed by atoms with Crippen LogP contribution in [0.2, 0.25) is 5.02 Å². The smallest absolute Gasteiger partial charge is 0.186 e. The Kier molecular flexibility index (Phi) is 4.66. The Balaban J connectivity index is 2.28. The summed E-state index contributed by atoms with van der Waals surface area (Å²) >= 11 is 5.91. The highest BCUT2D eigenvalue weighted by Crippen LogP contribution is 2.35. The number of carbonyl (C=O) groups is 1. The van der Waals surface area contributed by atoms with Gasteiger partial charge in [0.05, 0.1) is 12.1 Å². The molecular formula is C17H15ClO3. The van der Waals surface area contributed by atoms with Crippen molar-refractivity contribution in [3.05, 3.63) is 64.2 Å². The third kappa shape index (κ3) is 3.44. The van der Waals surface area contributed by atoms with Gasteiger partial charge in [-0.1, -0.05) is 41.9 Å². The Morgan fingerprint density at radius 1 is 1.29 bits per heavy atom. The van der Waals surface area contributed by atoms with Gasteiger partial charge in [0.1, 0.15) is 0 Å². The minimum atomic E-state index is -0.110. The van der Waals surface area contributed by atoms with Gasteiger partial charge in [-0.3, -0.25) is 4.79 Å². The standard InChI is InChI=1S/C17H15ClO3/c1-11-5-3-4-6-13(11)15(19)8-7-12-9-14(18)17(20)16(10-12)21-2/h3-10,20H,1-2H3/b8-7+. The maximum absolute atomic E-state index is 12.1. The third-order valence-corrected chi connectivity index (χ3v) is 3.40. The molecule has 0 bridgehead atoms. The number of ether oxygens (including phenoxy) is 1. The molecule has 2 rings (SSSR count). The Labute approximate surface area is 128 Å². The van der Waals surface area contributed by atoms with Crippen molar-refractivity contribution in [3.63, 3.8) is 0 Å². The molecule has 0 atom stereocenters. The number of ketones is 1. The largest absolute Gasteiger partial charge is 0.503 e. The Bertz CT molecular complexity index is 705. The van der Waals surface area contributed by atoms with Crippen LogP contribution in [0.1, 0.15) is 21.5 Å². The summed E-state index contributed by atoms with van der Waals surface area (Å²) in [7, 11) is 1.44. The van der Waals surface area contributed by atoms with E-state index in [1.165, 1.54) is 13.2 Å². The number of hydrogen-bond acceptors (Lipinski definition) is 3. The highest BCUT2D eigenvalue weighted by Gasteiger charge is 2.08. The lowest BCUT2D eigenvalue weighted by atomic mass is 10.0.